The van der Waals surface area contributed by atoms with Crippen LogP contribution in [0.25, 0.3) is 21.9 Å². The monoisotopic (exact) mass is 396 g/mol. The van der Waals surface area contributed by atoms with E-state index in [1.807, 2.05) is 30.5 Å². The summed E-state index contributed by atoms with van der Waals surface area (Å²) in [7, 11) is 1.29. The second-order valence-corrected chi connectivity index (χ2v) is 6.84. The van der Waals surface area contributed by atoms with Crippen molar-refractivity contribution < 1.29 is 18.7 Å². The summed E-state index contributed by atoms with van der Waals surface area (Å²) in [5.74, 6) is -0.926. The number of furan rings is 1. The number of fused-ring (bicyclic) bond motifs is 2. The van der Waals surface area contributed by atoms with E-state index in [4.69, 9.17) is 20.8 Å². The lowest BCUT2D eigenvalue weighted by Gasteiger charge is -2.15. The topological polar surface area (TPSA) is 84.3 Å². The maximum absolute atomic E-state index is 12.7. The Hall–Kier alpha value is -3.25. The highest BCUT2D eigenvalue weighted by atomic mass is 35.5. The zero-order chi connectivity index (χ0) is 19.7. The van der Waals surface area contributed by atoms with Gasteiger partial charge in [0.05, 0.1) is 7.11 Å². The lowest BCUT2D eigenvalue weighted by Crippen LogP contribution is -2.42. The van der Waals surface area contributed by atoms with E-state index < -0.39 is 17.9 Å². The van der Waals surface area contributed by atoms with E-state index >= 15 is 0 Å². The third-order valence-corrected chi connectivity index (χ3v) is 4.83. The van der Waals surface area contributed by atoms with Gasteiger partial charge in [-0.25, -0.2) is 4.79 Å². The predicted octanol–water partition coefficient (Wildman–Crippen LogP) is 4.08. The van der Waals surface area contributed by atoms with Gasteiger partial charge in [-0.3, -0.25) is 4.79 Å². The molecule has 4 rings (SSSR count). The van der Waals surface area contributed by atoms with Gasteiger partial charge in [0.2, 0.25) is 0 Å². The number of ether oxygens (including phenoxy) is 1. The Labute approximate surface area is 165 Å². The molecule has 2 aromatic heterocycles. The lowest BCUT2D eigenvalue weighted by atomic mass is 10.0. The van der Waals surface area contributed by atoms with Crippen molar-refractivity contribution in [3.05, 3.63) is 71.1 Å². The zero-order valence-corrected chi connectivity index (χ0v) is 15.7. The van der Waals surface area contributed by atoms with Crippen molar-refractivity contribution in [1.29, 1.82) is 0 Å². The normalized spacial score (nSPS) is 12.2. The molecule has 0 aliphatic heterocycles. The van der Waals surface area contributed by atoms with E-state index in [0.717, 1.165) is 16.5 Å². The molecule has 0 fully saturated rings. The van der Waals surface area contributed by atoms with Gasteiger partial charge >= 0.3 is 5.97 Å². The van der Waals surface area contributed by atoms with Crippen LogP contribution in [0.3, 0.4) is 0 Å². The molecule has 0 saturated carbocycles. The van der Waals surface area contributed by atoms with Gasteiger partial charge in [-0.15, -0.1) is 0 Å². The Balaban J connectivity index is 1.58. The Bertz CT molecular complexity index is 1180. The fourth-order valence-corrected chi connectivity index (χ4v) is 3.39. The molecule has 0 radical (unpaired) electrons. The van der Waals surface area contributed by atoms with Crippen LogP contribution in [0.4, 0.5) is 0 Å². The highest BCUT2D eigenvalue weighted by Gasteiger charge is 2.25. The summed E-state index contributed by atoms with van der Waals surface area (Å²) in [6, 6.07) is 13.6. The Kier molecular flexibility index (Phi) is 4.79. The minimum Gasteiger partial charge on any atom is -0.467 e. The smallest absolute Gasteiger partial charge is 0.328 e. The molecular formula is C21H17ClN2O4. The van der Waals surface area contributed by atoms with E-state index in [9.17, 15) is 9.59 Å². The van der Waals surface area contributed by atoms with Gasteiger partial charge in [-0.2, -0.15) is 0 Å². The van der Waals surface area contributed by atoms with Gasteiger partial charge < -0.3 is 19.5 Å². The third kappa shape index (κ3) is 3.46. The van der Waals surface area contributed by atoms with Crippen LogP contribution in [0.1, 0.15) is 16.1 Å². The van der Waals surface area contributed by atoms with Crippen molar-refractivity contribution >= 4 is 45.3 Å². The summed E-state index contributed by atoms with van der Waals surface area (Å²) in [6.45, 7) is 0. The van der Waals surface area contributed by atoms with Crippen molar-refractivity contribution in [2.45, 2.75) is 12.5 Å². The number of methoxy groups -OCH3 is 1. The molecule has 2 N–H and O–H groups in total. The number of para-hydroxylation sites is 1. The first-order valence-electron chi connectivity index (χ1n) is 8.68. The van der Waals surface area contributed by atoms with Crippen LogP contribution < -0.4 is 5.32 Å². The lowest BCUT2D eigenvalue weighted by molar-refractivity contribution is -0.142. The maximum atomic E-state index is 12.7. The van der Waals surface area contributed by atoms with Crippen LogP contribution in [0.2, 0.25) is 5.02 Å². The molecule has 7 heteroatoms. The number of H-pyrrole nitrogens is 1. The fraction of sp³-hybridized carbons (Fsp3) is 0.143. The van der Waals surface area contributed by atoms with Gasteiger partial charge in [0.1, 0.15) is 11.6 Å². The number of amides is 1. The molecular weight excluding hydrogens is 380 g/mol. The first kappa shape index (κ1) is 18.1. The molecule has 2 aromatic carbocycles. The number of carbonyl (C=O) groups excluding carboxylic acids is 2. The minimum absolute atomic E-state index is 0.102. The average molecular weight is 397 g/mol. The molecule has 28 heavy (non-hydrogen) atoms. The molecule has 142 valence electrons. The van der Waals surface area contributed by atoms with E-state index in [-0.39, 0.29) is 12.2 Å². The van der Waals surface area contributed by atoms with Gasteiger partial charge in [0.25, 0.3) is 5.91 Å². The van der Waals surface area contributed by atoms with Crippen LogP contribution in [0, 0.1) is 0 Å². The minimum atomic E-state index is -0.853. The summed E-state index contributed by atoms with van der Waals surface area (Å²) >= 11 is 5.97. The van der Waals surface area contributed by atoms with Crippen LogP contribution in [-0.4, -0.2) is 30.0 Å². The van der Waals surface area contributed by atoms with Crippen molar-refractivity contribution in [2.75, 3.05) is 7.11 Å². The van der Waals surface area contributed by atoms with Crippen molar-refractivity contribution in [1.82, 2.24) is 10.3 Å². The number of aromatic nitrogens is 1. The number of aromatic amines is 1. The maximum Gasteiger partial charge on any atom is 0.328 e. The van der Waals surface area contributed by atoms with Crippen LogP contribution in [-0.2, 0) is 16.0 Å². The molecule has 0 spiro atoms. The molecule has 0 saturated heterocycles. The van der Waals surface area contributed by atoms with E-state index in [1.165, 1.54) is 7.11 Å². The number of rotatable bonds is 5. The number of hydrogen-bond acceptors (Lipinski definition) is 4. The second-order valence-electron chi connectivity index (χ2n) is 6.41. The van der Waals surface area contributed by atoms with Crippen LogP contribution in [0.5, 0.6) is 0 Å². The first-order valence-corrected chi connectivity index (χ1v) is 9.06. The number of carbonyl (C=O) groups is 2. The molecule has 0 aliphatic rings. The van der Waals surface area contributed by atoms with Crippen LogP contribution in [0.15, 0.2) is 59.1 Å². The predicted molar refractivity (Wildman–Crippen MR) is 106 cm³/mol. The number of nitrogens with one attached hydrogen (secondary N) is 2. The molecule has 6 nitrogen and oxygen atoms in total. The molecule has 1 atom stereocenters. The van der Waals surface area contributed by atoms with E-state index in [1.54, 1.807) is 24.3 Å². The molecule has 0 bridgehead atoms. The zero-order valence-electron chi connectivity index (χ0n) is 15.0. The highest BCUT2D eigenvalue weighted by Crippen LogP contribution is 2.23. The average Bonchev–Trinajstić information content (AvgIpc) is 3.30. The Morgan fingerprint density at radius 2 is 2.04 bits per heavy atom. The van der Waals surface area contributed by atoms with E-state index in [2.05, 4.69) is 10.3 Å². The summed E-state index contributed by atoms with van der Waals surface area (Å²) in [6.07, 6.45) is 2.12. The molecule has 1 amide bonds. The molecule has 4 aromatic rings. The van der Waals surface area contributed by atoms with Gasteiger partial charge in [-0.05, 0) is 35.9 Å². The summed E-state index contributed by atoms with van der Waals surface area (Å²) < 4.78 is 10.4. The Morgan fingerprint density at radius 3 is 2.86 bits per heavy atom. The van der Waals surface area contributed by atoms with Crippen LogP contribution >= 0.6 is 11.6 Å². The standard InChI is InChI=1S/C21H17ClN2O4/c1-27-21(26)17(9-13-11-23-16-5-3-2-4-15(13)16)24-20(25)19-10-12-8-14(22)6-7-18(12)28-19/h2-8,10-11,17,23H,9H2,1H3,(H,24,25). The Morgan fingerprint density at radius 1 is 1.21 bits per heavy atom. The van der Waals surface area contributed by atoms with Crippen molar-refractivity contribution in [3.63, 3.8) is 0 Å². The number of halogens is 1. The van der Waals surface area contributed by atoms with Crippen molar-refractivity contribution in [2.24, 2.45) is 0 Å². The fourth-order valence-electron chi connectivity index (χ4n) is 3.21. The van der Waals surface area contributed by atoms with E-state index in [0.29, 0.717) is 16.0 Å². The number of esters is 1. The molecule has 0 aliphatic carbocycles. The number of hydrogen-bond donors (Lipinski definition) is 2. The quantitative estimate of drug-likeness (QED) is 0.498. The van der Waals surface area contributed by atoms with Gasteiger partial charge in [0.15, 0.2) is 5.76 Å². The first-order chi connectivity index (χ1) is 13.5. The third-order valence-electron chi connectivity index (χ3n) is 4.59. The molecule has 1 unspecified atom stereocenters. The summed E-state index contributed by atoms with van der Waals surface area (Å²) in [4.78, 5) is 28.1. The summed E-state index contributed by atoms with van der Waals surface area (Å²) in [5.41, 5.74) is 2.41. The molecule has 2 heterocycles. The highest BCUT2D eigenvalue weighted by molar-refractivity contribution is 6.31. The summed E-state index contributed by atoms with van der Waals surface area (Å²) in [5, 5.41) is 4.96. The SMILES string of the molecule is COC(=O)C(Cc1c[nH]c2ccccc12)NC(=O)c1cc2cc(Cl)ccc2o1. The van der Waals surface area contributed by atoms with Gasteiger partial charge in [0, 0.05) is 33.9 Å². The largest absolute Gasteiger partial charge is 0.467 e. The van der Waals surface area contributed by atoms with Crippen molar-refractivity contribution in [3.8, 4) is 0 Å². The second kappa shape index (κ2) is 7.40. The van der Waals surface area contributed by atoms with Gasteiger partial charge in [-0.1, -0.05) is 29.8 Å². The number of benzene rings is 2.